The lowest BCUT2D eigenvalue weighted by atomic mass is 10.3. The molecule has 0 saturated carbocycles. The van der Waals surface area contributed by atoms with Gasteiger partial charge in [0.1, 0.15) is 0 Å². The molecule has 6 heteroatoms. The van der Waals surface area contributed by atoms with Gasteiger partial charge < -0.3 is 9.47 Å². The van der Waals surface area contributed by atoms with E-state index < -0.39 is 0 Å². The molecule has 0 aromatic carbocycles. The number of hydrogen-bond acceptors (Lipinski definition) is 5. The highest BCUT2D eigenvalue weighted by molar-refractivity contribution is 5.99. The molecule has 0 bridgehead atoms. The van der Waals surface area contributed by atoms with Crippen molar-refractivity contribution < 1.29 is 19.1 Å². The number of rotatable bonds is 7. The molecule has 0 radical (unpaired) electrons. The van der Waals surface area contributed by atoms with E-state index in [-0.39, 0.29) is 24.9 Å². The van der Waals surface area contributed by atoms with Crippen LogP contribution < -0.4 is 0 Å². The Morgan fingerprint density at radius 2 is 1.65 bits per heavy atom. The number of carbonyl (C=O) groups excluding carboxylic acids is 2. The van der Waals surface area contributed by atoms with Crippen LogP contribution in [0.25, 0.3) is 0 Å². The maximum atomic E-state index is 11.4. The number of amides is 2. The van der Waals surface area contributed by atoms with E-state index in [1.54, 1.807) is 4.90 Å². The monoisotopic (exact) mass is 244 g/mol. The molecule has 0 unspecified atom stereocenters. The lowest BCUT2D eigenvalue weighted by Gasteiger charge is -2.30. The first-order chi connectivity index (χ1) is 8.15. The Morgan fingerprint density at radius 3 is 2.24 bits per heavy atom. The molecule has 0 N–H and O–H groups in total. The summed E-state index contributed by atoms with van der Waals surface area (Å²) < 4.78 is 10.5. The van der Waals surface area contributed by atoms with Gasteiger partial charge in [0.15, 0.2) is 0 Å². The van der Waals surface area contributed by atoms with Crippen molar-refractivity contribution in [3.8, 4) is 0 Å². The van der Waals surface area contributed by atoms with E-state index in [9.17, 15) is 9.59 Å². The molecule has 0 aromatic heterocycles. The van der Waals surface area contributed by atoms with Crippen molar-refractivity contribution in [2.24, 2.45) is 0 Å². The normalized spacial score (nSPS) is 17.9. The first-order valence-electron chi connectivity index (χ1n) is 5.82. The van der Waals surface area contributed by atoms with Gasteiger partial charge in [0, 0.05) is 20.2 Å². The van der Waals surface area contributed by atoms with Gasteiger partial charge in [-0.1, -0.05) is 0 Å². The number of carbonyl (C=O) groups is 2. The molecule has 1 saturated heterocycles. The summed E-state index contributed by atoms with van der Waals surface area (Å²) in [5.41, 5.74) is 0. The maximum absolute atomic E-state index is 11.4. The van der Waals surface area contributed by atoms with E-state index in [1.807, 2.05) is 6.92 Å². The molecule has 1 fully saturated rings. The van der Waals surface area contributed by atoms with Crippen molar-refractivity contribution >= 4 is 11.8 Å². The number of piperazine rings is 1. The van der Waals surface area contributed by atoms with Crippen molar-refractivity contribution in [3.05, 3.63) is 0 Å². The van der Waals surface area contributed by atoms with Gasteiger partial charge in [-0.2, -0.15) is 0 Å². The van der Waals surface area contributed by atoms with Crippen LogP contribution in [0.5, 0.6) is 0 Å². The summed E-state index contributed by atoms with van der Waals surface area (Å²) >= 11 is 0. The Hall–Kier alpha value is -0.980. The average Bonchev–Trinajstić information content (AvgIpc) is 2.30. The van der Waals surface area contributed by atoms with Gasteiger partial charge in [-0.25, -0.2) is 0 Å². The first-order valence-corrected chi connectivity index (χ1v) is 5.82. The smallest absolute Gasteiger partial charge is 0.243 e. The zero-order valence-electron chi connectivity index (χ0n) is 10.5. The fraction of sp³-hybridized carbons (Fsp3) is 0.818. The molecule has 98 valence electrons. The number of imide groups is 1. The highest BCUT2D eigenvalue weighted by atomic mass is 16.5. The molecule has 0 aliphatic carbocycles. The molecule has 6 nitrogen and oxygen atoms in total. The summed E-state index contributed by atoms with van der Waals surface area (Å²) in [6, 6.07) is 0. The Morgan fingerprint density at radius 1 is 1.06 bits per heavy atom. The summed E-state index contributed by atoms with van der Waals surface area (Å²) in [5, 5.41) is 0. The minimum absolute atomic E-state index is 0.157. The molecule has 0 spiro atoms. The number of ether oxygens (including phenoxy) is 2. The van der Waals surface area contributed by atoms with E-state index in [1.165, 1.54) is 11.9 Å². The summed E-state index contributed by atoms with van der Waals surface area (Å²) in [5.74, 6) is -0.314. The maximum Gasteiger partial charge on any atom is 0.243 e. The third-order valence-corrected chi connectivity index (χ3v) is 2.59. The van der Waals surface area contributed by atoms with E-state index in [0.29, 0.717) is 33.0 Å². The third-order valence-electron chi connectivity index (χ3n) is 2.59. The minimum Gasteiger partial charge on any atom is -0.379 e. The largest absolute Gasteiger partial charge is 0.379 e. The van der Waals surface area contributed by atoms with Gasteiger partial charge in [0.2, 0.25) is 11.8 Å². The highest BCUT2D eigenvalue weighted by Crippen LogP contribution is 2.01. The Bertz CT molecular complexity index is 252. The van der Waals surface area contributed by atoms with E-state index in [0.717, 1.165) is 0 Å². The van der Waals surface area contributed by atoms with Crippen LogP contribution in [0.1, 0.15) is 6.92 Å². The number of likely N-dealkylation sites (N-methyl/N-ethyl adjacent to an activating group) is 1. The molecule has 1 rings (SSSR count). The minimum atomic E-state index is -0.157. The van der Waals surface area contributed by atoms with Crippen LogP contribution in [0.3, 0.4) is 0 Å². The van der Waals surface area contributed by atoms with Gasteiger partial charge in [0.25, 0.3) is 0 Å². The van der Waals surface area contributed by atoms with Crippen LogP contribution in [-0.4, -0.2) is 74.7 Å². The predicted octanol–water partition coefficient (Wildman–Crippen LogP) is -0.660. The summed E-state index contributed by atoms with van der Waals surface area (Å²) in [7, 11) is 1.51. The Kier molecular flexibility index (Phi) is 6.10. The predicted molar refractivity (Wildman–Crippen MR) is 61.5 cm³/mol. The fourth-order valence-corrected chi connectivity index (χ4v) is 1.51. The highest BCUT2D eigenvalue weighted by Gasteiger charge is 2.27. The zero-order chi connectivity index (χ0) is 12.7. The quantitative estimate of drug-likeness (QED) is 0.439. The number of nitrogens with zero attached hydrogens (tertiary/aromatic N) is 2. The van der Waals surface area contributed by atoms with Gasteiger partial charge in [-0.05, 0) is 6.92 Å². The van der Waals surface area contributed by atoms with Gasteiger partial charge >= 0.3 is 0 Å². The topological polar surface area (TPSA) is 59.1 Å². The van der Waals surface area contributed by atoms with Crippen molar-refractivity contribution in [3.63, 3.8) is 0 Å². The van der Waals surface area contributed by atoms with Gasteiger partial charge in [-0.15, -0.1) is 0 Å². The van der Waals surface area contributed by atoms with Crippen LogP contribution in [0, 0.1) is 0 Å². The molecule has 0 atom stereocenters. The second kappa shape index (κ2) is 7.37. The van der Waals surface area contributed by atoms with Crippen molar-refractivity contribution in [1.29, 1.82) is 0 Å². The summed E-state index contributed by atoms with van der Waals surface area (Å²) in [6.45, 7) is 5.43. The van der Waals surface area contributed by atoms with Crippen molar-refractivity contribution in [2.45, 2.75) is 6.92 Å². The van der Waals surface area contributed by atoms with Crippen LogP contribution in [0.4, 0.5) is 0 Å². The lowest BCUT2D eigenvalue weighted by Crippen LogP contribution is -2.52. The van der Waals surface area contributed by atoms with E-state index in [4.69, 9.17) is 9.47 Å². The molecule has 1 heterocycles. The molecule has 17 heavy (non-hydrogen) atoms. The van der Waals surface area contributed by atoms with Gasteiger partial charge in [0.05, 0.1) is 32.9 Å². The fourth-order valence-electron chi connectivity index (χ4n) is 1.51. The molecule has 1 aliphatic heterocycles. The van der Waals surface area contributed by atoms with E-state index >= 15 is 0 Å². The summed E-state index contributed by atoms with van der Waals surface area (Å²) in [4.78, 5) is 25.8. The second-order valence-corrected chi connectivity index (χ2v) is 3.87. The molecule has 1 aliphatic rings. The first kappa shape index (κ1) is 14.1. The van der Waals surface area contributed by atoms with Crippen LogP contribution in [0.15, 0.2) is 0 Å². The van der Waals surface area contributed by atoms with Crippen LogP contribution in [0.2, 0.25) is 0 Å². The van der Waals surface area contributed by atoms with E-state index in [2.05, 4.69) is 0 Å². The molecular formula is C11H20N2O4. The van der Waals surface area contributed by atoms with Crippen molar-refractivity contribution in [2.75, 3.05) is 53.1 Å². The molecule has 0 aromatic rings. The van der Waals surface area contributed by atoms with Crippen molar-refractivity contribution in [1.82, 2.24) is 9.80 Å². The SMILES string of the molecule is CCOCCOCCN1CC(=O)N(C)C(=O)C1. The summed E-state index contributed by atoms with van der Waals surface area (Å²) in [6.07, 6.45) is 0. The zero-order valence-corrected chi connectivity index (χ0v) is 10.5. The van der Waals surface area contributed by atoms with Crippen LogP contribution in [-0.2, 0) is 19.1 Å². The Labute approximate surface area is 101 Å². The van der Waals surface area contributed by atoms with Gasteiger partial charge in [-0.3, -0.25) is 19.4 Å². The van der Waals surface area contributed by atoms with Crippen LogP contribution >= 0.6 is 0 Å². The Balaban J connectivity index is 2.11. The molecular weight excluding hydrogens is 224 g/mol. The number of hydrogen-bond donors (Lipinski definition) is 0. The molecule has 2 amide bonds. The average molecular weight is 244 g/mol. The standard InChI is InChI=1S/C11H20N2O4/c1-3-16-6-7-17-5-4-13-8-10(14)12(2)11(15)9-13/h3-9H2,1-2H3. The third kappa shape index (κ3) is 4.80. The lowest BCUT2D eigenvalue weighted by molar-refractivity contribution is -0.149. The second-order valence-electron chi connectivity index (χ2n) is 3.87.